The number of fused-ring (bicyclic) bond motifs is 1. The van der Waals surface area contributed by atoms with Crippen LogP contribution in [0.4, 0.5) is 4.39 Å². The maximum Gasteiger partial charge on any atom is -0.0372 e. The Kier molecular flexibility index (Phi) is 5.38. The Morgan fingerprint density at radius 3 is 2.59 bits per heavy atom. The Morgan fingerprint density at radius 2 is 1.85 bits per heavy atom. The molecule has 1 aliphatic rings. The molecule has 1 heterocycles. The minimum Gasteiger partial charge on any atom is -0.0466 e. The molecule has 0 atom stereocenters. The van der Waals surface area contributed by atoms with E-state index in [0.717, 1.165) is 27.7 Å². The predicted octanol–water partition coefficient (Wildman–Crippen LogP) is 4.83. The summed E-state index contributed by atoms with van der Waals surface area (Å²) in [6.07, 6.45) is 6.72. The molecule has 0 amide bonds. The van der Waals surface area contributed by atoms with Crippen LogP contribution in [0.3, 0.4) is 0 Å². The zero-order valence-electron chi connectivity index (χ0n) is 16.0. The van der Waals surface area contributed by atoms with Gasteiger partial charge in [0.05, 0.1) is 0 Å². The van der Waals surface area contributed by atoms with E-state index < -0.39 is 0 Å². The van der Waals surface area contributed by atoms with Gasteiger partial charge >= 0.3 is 132 Å². The Morgan fingerprint density at radius 1 is 1.15 bits per heavy atom. The maximum atomic E-state index is 14.7. The van der Waals surface area contributed by atoms with Crippen molar-refractivity contribution in [2.75, 3.05) is 0 Å². The van der Waals surface area contributed by atoms with Crippen LogP contribution in [-0.2, 0) is 6.54 Å². The first kappa shape index (κ1) is 19.1. The first-order valence-corrected chi connectivity index (χ1v) is 11.7. The minimum absolute atomic E-state index is 0.133. The Labute approximate surface area is 176 Å². The van der Waals surface area contributed by atoms with Crippen molar-refractivity contribution >= 4 is 37.1 Å². The quantitative estimate of drug-likeness (QED) is 0.468. The Bertz CT molecular complexity index is 953. The summed E-state index contributed by atoms with van der Waals surface area (Å²) in [7, 11) is 0. The number of hydrogen-bond donors (Lipinski definition) is 1. The van der Waals surface area contributed by atoms with Gasteiger partial charge in [-0.2, -0.15) is 0 Å². The Balaban J connectivity index is 1.45. The van der Waals surface area contributed by atoms with Gasteiger partial charge in [-0.05, 0) is 31.1 Å². The van der Waals surface area contributed by atoms with Gasteiger partial charge in [-0.3, -0.25) is 0 Å². The fourth-order valence-electron chi connectivity index (χ4n) is 3.94. The molecular weight excluding hydrogens is 530 g/mol. The second-order valence-corrected chi connectivity index (χ2v) is 10.6. The summed E-state index contributed by atoms with van der Waals surface area (Å²) in [6, 6.07) is 12.3. The SMILES string of the molecule is CC1(C)CCC(NCc2ccc(-c3ccc4c(c3)nc[n]4[Tl])cc2F)CC1. The van der Waals surface area contributed by atoms with Crippen molar-refractivity contribution in [1.82, 2.24) is 12.7 Å². The summed E-state index contributed by atoms with van der Waals surface area (Å²) in [6.45, 7) is 5.28. The number of benzene rings is 2. The van der Waals surface area contributed by atoms with Gasteiger partial charge in [0.15, 0.2) is 0 Å². The van der Waals surface area contributed by atoms with E-state index in [4.69, 9.17) is 0 Å². The monoisotopic (exact) mass is 555 g/mol. The summed E-state index contributed by atoms with van der Waals surface area (Å²) < 4.78 is 16.8. The van der Waals surface area contributed by atoms with Crippen LogP contribution in [0.15, 0.2) is 42.7 Å². The summed E-state index contributed by atoms with van der Waals surface area (Å²) >= 11 is 0.699. The van der Waals surface area contributed by atoms with Crippen LogP contribution in [0.5, 0.6) is 0 Å². The van der Waals surface area contributed by atoms with Crippen LogP contribution in [0, 0.1) is 11.2 Å². The molecule has 0 unspecified atom stereocenters. The average Bonchev–Trinajstić information content (AvgIpc) is 3.02. The van der Waals surface area contributed by atoms with Gasteiger partial charge in [-0.25, -0.2) is 0 Å². The van der Waals surface area contributed by atoms with E-state index in [9.17, 15) is 4.39 Å². The molecule has 1 aromatic heterocycles. The number of imidazole rings is 1. The molecule has 3 nitrogen and oxygen atoms in total. The van der Waals surface area contributed by atoms with Gasteiger partial charge in [-0.1, -0.05) is 13.8 Å². The second kappa shape index (κ2) is 7.62. The molecule has 1 aliphatic carbocycles. The third kappa shape index (κ3) is 4.26. The summed E-state index contributed by atoms with van der Waals surface area (Å²) in [5, 5.41) is 3.55. The number of aromatic nitrogens is 2. The second-order valence-electron chi connectivity index (χ2n) is 8.48. The first-order valence-electron chi connectivity index (χ1n) is 9.66. The fraction of sp³-hybridized carbons (Fsp3) is 0.409. The zero-order chi connectivity index (χ0) is 19.0. The zero-order valence-corrected chi connectivity index (χ0v) is 20.5. The molecule has 0 radical (unpaired) electrons. The number of nitrogens with zero attached hydrogens (tertiary/aromatic N) is 2. The van der Waals surface area contributed by atoms with Crippen LogP contribution in [0.1, 0.15) is 45.1 Å². The standard InChI is InChI=1S/C22H25FN3.Tl/c1-22(2)9-7-18(8-10-22)24-13-17-4-3-15(11-19(17)23)16-5-6-20-21(12-16)26-14-25-20;/h3-6,11-12,14,18,24H,7-10,13H2,1-2H3;/q-1;+1. The number of hydrogen-bond acceptors (Lipinski definition) is 2. The third-order valence-electron chi connectivity index (χ3n) is 5.88. The van der Waals surface area contributed by atoms with Crippen LogP contribution < -0.4 is 5.32 Å². The van der Waals surface area contributed by atoms with E-state index in [2.05, 4.69) is 38.7 Å². The van der Waals surface area contributed by atoms with E-state index in [1.165, 1.54) is 25.7 Å². The van der Waals surface area contributed by atoms with E-state index in [0.29, 0.717) is 44.1 Å². The number of nitrogens with one attached hydrogen (secondary N) is 1. The molecule has 1 fully saturated rings. The molecule has 0 spiro atoms. The average molecular weight is 555 g/mol. The van der Waals surface area contributed by atoms with Gasteiger partial charge in [0.1, 0.15) is 0 Å². The molecule has 5 heteroatoms. The third-order valence-corrected chi connectivity index (χ3v) is 7.48. The molecule has 1 saturated carbocycles. The van der Waals surface area contributed by atoms with E-state index in [1.807, 2.05) is 24.5 Å². The molecule has 4 rings (SSSR count). The van der Waals surface area contributed by atoms with E-state index >= 15 is 0 Å². The number of rotatable bonds is 4. The first-order chi connectivity index (χ1) is 12.9. The van der Waals surface area contributed by atoms with Gasteiger partial charge < -0.3 is 0 Å². The summed E-state index contributed by atoms with van der Waals surface area (Å²) in [5.74, 6) is -0.133. The van der Waals surface area contributed by atoms with Crippen molar-refractivity contribution in [3.63, 3.8) is 0 Å². The molecular formula is C22H25FN3Tl. The van der Waals surface area contributed by atoms with E-state index in [1.54, 1.807) is 6.07 Å². The van der Waals surface area contributed by atoms with Crippen molar-refractivity contribution in [2.24, 2.45) is 5.41 Å². The molecule has 138 valence electrons. The molecule has 3 aromatic rings. The summed E-state index contributed by atoms with van der Waals surface area (Å²) in [4.78, 5) is 4.44. The van der Waals surface area contributed by atoms with Crippen LogP contribution in [0.2, 0.25) is 0 Å². The fourth-order valence-corrected chi connectivity index (χ4v) is 5.05. The van der Waals surface area contributed by atoms with Gasteiger partial charge in [0.25, 0.3) is 0 Å². The minimum atomic E-state index is -0.133. The van der Waals surface area contributed by atoms with Crippen molar-refractivity contribution in [2.45, 2.75) is 52.1 Å². The van der Waals surface area contributed by atoms with Crippen LogP contribution >= 0.6 is 0 Å². The topological polar surface area (TPSA) is 29.9 Å². The van der Waals surface area contributed by atoms with Crippen LogP contribution in [-0.4, -0.2) is 39.5 Å². The molecule has 2 aromatic carbocycles. The van der Waals surface area contributed by atoms with Crippen molar-refractivity contribution in [1.29, 1.82) is 0 Å². The van der Waals surface area contributed by atoms with Gasteiger partial charge in [0.2, 0.25) is 0 Å². The molecule has 27 heavy (non-hydrogen) atoms. The number of halogens is 1. The molecule has 0 saturated heterocycles. The van der Waals surface area contributed by atoms with E-state index in [-0.39, 0.29) is 5.82 Å². The largest absolute Gasteiger partial charge is 0.0466 e. The Hall–Kier alpha value is -1.28. The molecule has 0 bridgehead atoms. The van der Waals surface area contributed by atoms with Crippen molar-refractivity contribution < 1.29 is 4.39 Å². The smallest absolute Gasteiger partial charge is 0.0372 e. The van der Waals surface area contributed by atoms with Gasteiger partial charge in [0, 0.05) is 0 Å². The summed E-state index contributed by atoms with van der Waals surface area (Å²) in [5.41, 5.74) is 5.25. The molecule has 1 N–H and O–H groups in total. The van der Waals surface area contributed by atoms with Crippen LogP contribution in [0.25, 0.3) is 22.2 Å². The maximum absolute atomic E-state index is 14.7. The van der Waals surface area contributed by atoms with Crippen molar-refractivity contribution in [3.05, 3.63) is 54.1 Å². The molecule has 0 aliphatic heterocycles. The normalized spacial score (nSPS) is 17.4. The van der Waals surface area contributed by atoms with Gasteiger partial charge in [-0.15, -0.1) is 0 Å². The predicted molar refractivity (Wildman–Crippen MR) is 109 cm³/mol. The van der Waals surface area contributed by atoms with Crippen molar-refractivity contribution in [3.8, 4) is 11.1 Å².